The predicted octanol–water partition coefficient (Wildman–Crippen LogP) is 5.32. The highest BCUT2D eigenvalue weighted by Gasteiger charge is 2.46. The van der Waals surface area contributed by atoms with Crippen LogP contribution in [-0.2, 0) is 16.1 Å². The van der Waals surface area contributed by atoms with E-state index >= 15 is 0 Å². The Hall–Kier alpha value is -5.11. The normalized spacial score (nSPS) is 17.9. The van der Waals surface area contributed by atoms with Crippen LogP contribution in [0.4, 0.5) is 5.69 Å². The third-order valence-electron chi connectivity index (χ3n) is 7.12. The summed E-state index contributed by atoms with van der Waals surface area (Å²) in [7, 11) is 1.94. The Labute approximate surface area is 231 Å². The molecule has 4 aromatic rings. The molecular weight excluding hydrogens is 506 g/mol. The molecule has 1 unspecified atom stereocenters. The molecular formula is C32H27N3O5. The van der Waals surface area contributed by atoms with Crippen LogP contribution in [0.25, 0.3) is 5.76 Å². The molecule has 0 aliphatic carbocycles. The van der Waals surface area contributed by atoms with E-state index in [1.807, 2.05) is 60.5 Å². The quantitative estimate of drug-likeness (QED) is 0.204. The van der Waals surface area contributed by atoms with Crippen molar-refractivity contribution in [3.63, 3.8) is 0 Å². The molecule has 6 rings (SSSR count). The number of pyridine rings is 1. The van der Waals surface area contributed by atoms with Crippen LogP contribution in [0.3, 0.4) is 0 Å². The van der Waals surface area contributed by atoms with E-state index in [-0.39, 0.29) is 17.9 Å². The van der Waals surface area contributed by atoms with Gasteiger partial charge < -0.3 is 24.4 Å². The van der Waals surface area contributed by atoms with Crippen molar-refractivity contribution in [2.24, 2.45) is 0 Å². The minimum absolute atomic E-state index is 0.0234. The summed E-state index contributed by atoms with van der Waals surface area (Å²) in [5.74, 6) is 0.239. The number of ketones is 1. The Bertz CT molecular complexity index is 1600. The molecule has 3 aromatic carbocycles. The molecule has 1 aromatic heterocycles. The Morgan fingerprint density at radius 2 is 1.75 bits per heavy atom. The topological polar surface area (TPSA) is 92.2 Å². The van der Waals surface area contributed by atoms with Gasteiger partial charge in [-0.15, -0.1) is 0 Å². The zero-order chi connectivity index (χ0) is 27.6. The van der Waals surface area contributed by atoms with E-state index in [2.05, 4.69) is 4.98 Å². The molecule has 1 amide bonds. The summed E-state index contributed by atoms with van der Waals surface area (Å²) in [4.78, 5) is 34.6. The van der Waals surface area contributed by atoms with Crippen LogP contribution in [-0.4, -0.2) is 46.9 Å². The molecule has 200 valence electrons. The highest BCUT2D eigenvalue weighted by molar-refractivity contribution is 6.46. The van der Waals surface area contributed by atoms with E-state index in [0.717, 1.165) is 11.3 Å². The van der Waals surface area contributed by atoms with Crippen molar-refractivity contribution in [3.05, 3.63) is 120 Å². The Morgan fingerprint density at radius 3 is 2.55 bits per heavy atom. The van der Waals surface area contributed by atoms with Gasteiger partial charge in [0.2, 0.25) is 0 Å². The molecule has 1 fully saturated rings. The smallest absolute Gasteiger partial charge is 0.295 e. The number of ether oxygens (including phenoxy) is 2. The minimum atomic E-state index is -0.836. The van der Waals surface area contributed by atoms with Gasteiger partial charge in [0.1, 0.15) is 29.6 Å². The fourth-order valence-electron chi connectivity index (χ4n) is 5.10. The molecule has 1 atom stereocenters. The fraction of sp³-hybridized carbons (Fsp3) is 0.156. The maximum Gasteiger partial charge on any atom is 0.295 e. The standard InChI is InChI=1S/C32H27N3O5/c1-34-16-17-39-27-11-10-23(19-26(27)34)30(36)28-29(35(32(38)31(28)37)20-21-12-14-33-15-13-21)22-6-5-9-25(18-22)40-24-7-3-2-4-8-24/h2-15,18-19,29,36H,16-17,20H2,1H3/b30-28-. The van der Waals surface area contributed by atoms with Crippen LogP contribution in [0.15, 0.2) is 103 Å². The number of benzene rings is 3. The second-order valence-corrected chi connectivity index (χ2v) is 9.72. The number of likely N-dealkylation sites (tertiary alicyclic amines) is 1. The summed E-state index contributed by atoms with van der Waals surface area (Å²) in [6.07, 6.45) is 3.28. The number of aromatic nitrogens is 1. The van der Waals surface area contributed by atoms with E-state index in [4.69, 9.17) is 9.47 Å². The molecule has 1 N–H and O–H groups in total. The molecule has 8 heteroatoms. The zero-order valence-electron chi connectivity index (χ0n) is 21.9. The second-order valence-electron chi connectivity index (χ2n) is 9.72. The number of hydrogen-bond donors (Lipinski definition) is 1. The Kier molecular flexibility index (Phi) is 6.66. The van der Waals surface area contributed by atoms with Crippen molar-refractivity contribution in [1.82, 2.24) is 9.88 Å². The number of carbonyl (C=O) groups excluding carboxylic acids is 2. The van der Waals surface area contributed by atoms with Gasteiger partial charge in [0.05, 0.1) is 23.8 Å². The number of Topliss-reactive ketones (excluding diaryl/α,β-unsaturated/α-hetero) is 1. The molecule has 0 radical (unpaired) electrons. The number of nitrogens with zero attached hydrogens (tertiary/aromatic N) is 3. The fourth-order valence-corrected chi connectivity index (χ4v) is 5.10. The van der Waals surface area contributed by atoms with Crippen LogP contribution >= 0.6 is 0 Å². The molecule has 2 aliphatic heterocycles. The highest BCUT2D eigenvalue weighted by atomic mass is 16.5. The number of carbonyl (C=O) groups is 2. The minimum Gasteiger partial charge on any atom is -0.507 e. The second kappa shape index (κ2) is 10.6. The van der Waals surface area contributed by atoms with E-state index in [0.29, 0.717) is 41.5 Å². The summed E-state index contributed by atoms with van der Waals surface area (Å²) >= 11 is 0. The first-order chi connectivity index (χ1) is 19.5. The predicted molar refractivity (Wildman–Crippen MR) is 150 cm³/mol. The van der Waals surface area contributed by atoms with Gasteiger partial charge >= 0.3 is 0 Å². The van der Waals surface area contributed by atoms with Gasteiger partial charge in [-0.3, -0.25) is 14.6 Å². The van der Waals surface area contributed by atoms with E-state index in [1.165, 1.54) is 4.90 Å². The van der Waals surface area contributed by atoms with Crippen molar-refractivity contribution in [3.8, 4) is 17.2 Å². The van der Waals surface area contributed by atoms with Crippen molar-refractivity contribution in [2.45, 2.75) is 12.6 Å². The largest absolute Gasteiger partial charge is 0.507 e. The SMILES string of the molecule is CN1CCOc2ccc(/C(O)=C3/C(=O)C(=O)N(Cc4ccncc4)C3c3cccc(Oc4ccccc4)c3)cc21. The maximum absolute atomic E-state index is 13.5. The van der Waals surface area contributed by atoms with Crippen LogP contribution in [0, 0.1) is 0 Å². The van der Waals surface area contributed by atoms with Gasteiger partial charge in [0, 0.05) is 31.5 Å². The van der Waals surface area contributed by atoms with Gasteiger partial charge in [-0.2, -0.15) is 0 Å². The Morgan fingerprint density at radius 1 is 0.975 bits per heavy atom. The van der Waals surface area contributed by atoms with Gasteiger partial charge in [-0.05, 0) is 65.7 Å². The lowest BCUT2D eigenvalue weighted by Crippen LogP contribution is -2.29. The molecule has 1 saturated heterocycles. The van der Waals surface area contributed by atoms with E-state index in [1.54, 1.807) is 48.8 Å². The average Bonchev–Trinajstić information content (AvgIpc) is 3.23. The first-order valence-corrected chi connectivity index (χ1v) is 13.0. The first-order valence-electron chi connectivity index (χ1n) is 13.0. The van der Waals surface area contributed by atoms with Crippen LogP contribution in [0.2, 0.25) is 0 Å². The molecule has 0 spiro atoms. The van der Waals surface area contributed by atoms with E-state index in [9.17, 15) is 14.7 Å². The van der Waals surface area contributed by atoms with Crippen LogP contribution < -0.4 is 14.4 Å². The summed E-state index contributed by atoms with van der Waals surface area (Å²) in [6, 6.07) is 24.6. The lowest BCUT2D eigenvalue weighted by atomic mass is 9.94. The number of hydrogen-bond acceptors (Lipinski definition) is 7. The summed E-state index contributed by atoms with van der Waals surface area (Å²) in [5, 5.41) is 11.6. The summed E-state index contributed by atoms with van der Waals surface area (Å²) in [6.45, 7) is 1.43. The molecule has 3 heterocycles. The van der Waals surface area contributed by atoms with Gasteiger partial charge in [0.15, 0.2) is 0 Å². The summed E-state index contributed by atoms with van der Waals surface area (Å²) < 4.78 is 11.8. The van der Waals surface area contributed by atoms with Gasteiger partial charge in [0.25, 0.3) is 11.7 Å². The van der Waals surface area contributed by atoms with Crippen LogP contribution in [0.1, 0.15) is 22.7 Å². The highest BCUT2D eigenvalue weighted by Crippen LogP contribution is 2.42. The molecule has 0 saturated carbocycles. The number of likely N-dealkylation sites (N-methyl/N-ethyl adjacent to an activating group) is 1. The monoisotopic (exact) mass is 533 g/mol. The maximum atomic E-state index is 13.5. The number of aliphatic hydroxyl groups excluding tert-OH is 1. The zero-order valence-corrected chi connectivity index (χ0v) is 21.9. The first kappa shape index (κ1) is 25.2. The number of para-hydroxylation sites is 1. The number of amides is 1. The number of anilines is 1. The lowest BCUT2D eigenvalue weighted by molar-refractivity contribution is -0.140. The molecule has 0 bridgehead atoms. The van der Waals surface area contributed by atoms with Crippen molar-refractivity contribution < 1.29 is 24.2 Å². The van der Waals surface area contributed by atoms with Gasteiger partial charge in [-0.1, -0.05) is 30.3 Å². The number of aliphatic hydroxyl groups is 1. The number of fused-ring (bicyclic) bond motifs is 1. The third kappa shape index (κ3) is 4.75. The number of rotatable bonds is 6. The Balaban J connectivity index is 1.46. The van der Waals surface area contributed by atoms with E-state index < -0.39 is 17.7 Å². The average molecular weight is 534 g/mol. The third-order valence-corrected chi connectivity index (χ3v) is 7.12. The molecule has 8 nitrogen and oxygen atoms in total. The van der Waals surface area contributed by atoms with Crippen molar-refractivity contribution in [2.75, 3.05) is 25.1 Å². The van der Waals surface area contributed by atoms with Crippen LogP contribution in [0.5, 0.6) is 17.2 Å². The molecule has 40 heavy (non-hydrogen) atoms. The van der Waals surface area contributed by atoms with Crippen molar-refractivity contribution >= 4 is 23.1 Å². The van der Waals surface area contributed by atoms with Gasteiger partial charge in [-0.25, -0.2) is 0 Å². The lowest BCUT2D eigenvalue weighted by Gasteiger charge is -2.28. The van der Waals surface area contributed by atoms with Crippen molar-refractivity contribution in [1.29, 1.82) is 0 Å². The summed E-state index contributed by atoms with van der Waals surface area (Å²) in [5.41, 5.74) is 2.71. The molecule has 2 aliphatic rings.